The number of benzene rings is 3. The van der Waals surface area contributed by atoms with Crippen molar-refractivity contribution in [3.8, 4) is 0 Å². The van der Waals surface area contributed by atoms with Gasteiger partial charge in [0.1, 0.15) is 12.6 Å². The van der Waals surface area contributed by atoms with Crippen LogP contribution >= 0.6 is 0 Å². The standard InChI is InChI=1S/C32H39N3O4S/c1-23-14-16-27(17-15-23)21-34(26(4)32(37)33-28-10-8-9-11-28)31(36)22-35(29-19-24(2)18-25(3)20-29)40(38,39)30-12-6-5-7-13-30/h5-7,12-20,26,28H,8-11,21-22H2,1-4H3,(H,33,37)/t26-/m0/s1. The Morgan fingerprint density at radius 2 is 1.48 bits per heavy atom. The fraction of sp³-hybridized carbons (Fsp3) is 0.375. The molecule has 1 atom stereocenters. The zero-order chi connectivity index (χ0) is 28.9. The van der Waals surface area contributed by atoms with Crippen LogP contribution in [0, 0.1) is 20.8 Å². The lowest BCUT2D eigenvalue weighted by molar-refractivity contribution is -0.139. The zero-order valence-electron chi connectivity index (χ0n) is 23.8. The minimum Gasteiger partial charge on any atom is -0.352 e. The lowest BCUT2D eigenvalue weighted by atomic mass is 10.1. The Morgan fingerprint density at radius 3 is 2.08 bits per heavy atom. The molecule has 0 saturated heterocycles. The average Bonchev–Trinajstić information content (AvgIpc) is 3.43. The van der Waals surface area contributed by atoms with Crippen LogP contribution in [0.15, 0.2) is 77.7 Å². The lowest BCUT2D eigenvalue weighted by Crippen LogP contribution is -2.52. The van der Waals surface area contributed by atoms with Gasteiger partial charge < -0.3 is 10.2 Å². The van der Waals surface area contributed by atoms with Gasteiger partial charge in [-0.05, 0) is 81.5 Å². The molecule has 0 aromatic heterocycles. The highest BCUT2D eigenvalue weighted by Gasteiger charge is 2.33. The van der Waals surface area contributed by atoms with Crippen LogP contribution in [0.1, 0.15) is 54.9 Å². The van der Waals surface area contributed by atoms with Gasteiger partial charge in [0.15, 0.2) is 0 Å². The summed E-state index contributed by atoms with van der Waals surface area (Å²) >= 11 is 0. The number of hydrogen-bond donors (Lipinski definition) is 1. The molecule has 40 heavy (non-hydrogen) atoms. The fourth-order valence-corrected chi connectivity index (χ4v) is 6.63. The SMILES string of the molecule is Cc1ccc(CN(C(=O)CN(c2cc(C)cc(C)c2)S(=O)(=O)c2ccccc2)[C@@H](C)C(=O)NC2CCCC2)cc1. The molecule has 212 valence electrons. The van der Waals surface area contributed by atoms with E-state index in [-0.39, 0.29) is 23.4 Å². The van der Waals surface area contributed by atoms with Gasteiger partial charge in [-0.15, -0.1) is 0 Å². The predicted octanol–water partition coefficient (Wildman–Crippen LogP) is 5.28. The number of aryl methyl sites for hydroxylation is 3. The lowest BCUT2D eigenvalue weighted by Gasteiger charge is -2.32. The van der Waals surface area contributed by atoms with Gasteiger partial charge in [0.25, 0.3) is 10.0 Å². The Balaban J connectivity index is 1.69. The van der Waals surface area contributed by atoms with Crippen LogP contribution in [-0.4, -0.2) is 43.8 Å². The van der Waals surface area contributed by atoms with Crippen molar-refractivity contribution in [2.75, 3.05) is 10.8 Å². The molecule has 1 aliphatic rings. The van der Waals surface area contributed by atoms with Crippen LogP contribution in [0.3, 0.4) is 0 Å². The molecule has 1 fully saturated rings. The number of sulfonamides is 1. The molecule has 2 amide bonds. The topological polar surface area (TPSA) is 86.8 Å². The maximum absolute atomic E-state index is 14.1. The number of rotatable bonds is 10. The summed E-state index contributed by atoms with van der Waals surface area (Å²) in [5.41, 5.74) is 4.13. The van der Waals surface area contributed by atoms with Crippen LogP contribution in [-0.2, 0) is 26.2 Å². The van der Waals surface area contributed by atoms with Crippen LogP contribution in [0.5, 0.6) is 0 Å². The normalized spacial score (nSPS) is 14.5. The van der Waals surface area contributed by atoms with Crippen LogP contribution in [0.2, 0.25) is 0 Å². The van der Waals surface area contributed by atoms with Gasteiger partial charge in [0, 0.05) is 12.6 Å². The van der Waals surface area contributed by atoms with Crippen molar-refractivity contribution in [3.63, 3.8) is 0 Å². The van der Waals surface area contributed by atoms with Crippen molar-refractivity contribution in [1.29, 1.82) is 0 Å². The van der Waals surface area contributed by atoms with Crippen molar-refractivity contribution in [2.45, 2.75) is 76.9 Å². The maximum Gasteiger partial charge on any atom is 0.264 e. The van der Waals surface area contributed by atoms with E-state index < -0.39 is 28.5 Å². The van der Waals surface area contributed by atoms with E-state index in [1.54, 1.807) is 37.3 Å². The molecular formula is C32H39N3O4S. The first kappa shape index (κ1) is 29.3. The van der Waals surface area contributed by atoms with E-state index in [2.05, 4.69) is 5.32 Å². The first-order valence-electron chi connectivity index (χ1n) is 13.9. The summed E-state index contributed by atoms with van der Waals surface area (Å²) in [4.78, 5) is 29.0. The second-order valence-corrected chi connectivity index (χ2v) is 12.7. The minimum atomic E-state index is -4.07. The summed E-state index contributed by atoms with van der Waals surface area (Å²) in [6.45, 7) is 7.23. The van der Waals surface area contributed by atoms with E-state index in [0.29, 0.717) is 5.69 Å². The van der Waals surface area contributed by atoms with Gasteiger partial charge in [0.05, 0.1) is 10.6 Å². The molecule has 8 heteroatoms. The summed E-state index contributed by atoms with van der Waals surface area (Å²) in [6.07, 6.45) is 4.02. The summed E-state index contributed by atoms with van der Waals surface area (Å²) in [5.74, 6) is -0.676. The molecule has 0 bridgehead atoms. The molecule has 3 aromatic rings. The highest BCUT2D eigenvalue weighted by molar-refractivity contribution is 7.92. The minimum absolute atomic E-state index is 0.0964. The van der Waals surface area contributed by atoms with Crippen molar-refractivity contribution in [2.24, 2.45) is 0 Å². The van der Waals surface area contributed by atoms with Crippen molar-refractivity contribution in [1.82, 2.24) is 10.2 Å². The summed E-state index contributed by atoms with van der Waals surface area (Å²) < 4.78 is 29.0. The Hall–Kier alpha value is -3.65. The first-order chi connectivity index (χ1) is 19.0. The van der Waals surface area contributed by atoms with E-state index in [1.165, 1.54) is 17.0 Å². The third-order valence-corrected chi connectivity index (χ3v) is 9.23. The Kier molecular flexibility index (Phi) is 9.30. The summed E-state index contributed by atoms with van der Waals surface area (Å²) in [6, 6.07) is 20.7. The van der Waals surface area contributed by atoms with E-state index in [1.807, 2.05) is 51.1 Å². The quantitative estimate of drug-likeness (QED) is 0.365. The van der Waals surface area contributed by atoms with E-state index in [0.717, 1.165) is 52.2 Å². The third-order valence-electron chi connectivity index (χ3n) is 7.45. The number of amides is 2. The highest BCUT2D eigenvalue weighted by atomic mass is 32.2. The highest BCUT2D eigenvalue weighted by Crippen LogP contribution is 2.27. The molecule has 0 heterocycles. The van der Waals surface area contributed by atoms with Crippen LogP contribution in [0.25, 0.3) is 0 Å². The number of nitrogens with one attached hydrogen (secondary N) is 1. The second kappa shape index (κ2) is 12.7. The average molecular weight is 562 g/mol. The zero-order valence-corrected chi connectivity index (χ0v) is 24.6. The number of anilines is 1. The number of nitrogens with zero attached hydrogens (tertiary/aromatic N) is 2. The first-order valence-corrected chi connectivity index (χ1v) is 15.3. The Bertz CT molecular complexity index is 1410. The molecule has 4 rings (SSSR count). The molecule has 1 aliphatic carbocycles. The van der Waals surface area contributed by atoms with Gasteiger partial charge >= 0.3 is 0 Å². The van der Waals surface area contributed by atoms with Gasteiger partial charge in [-0.1, -0.05) is 66.9 Å². The van der Waals surface area contributed by atoms with Crippen LogP contribution in [0.4, 0.5) is 5.69 Å². The van der Waals surface area contributed by atoms with E-state index in [4.69, 9.17) is 0 Å². The molecular weight excluding hydrogens is 522 g/mol. The monoisotopic (exact) mass is 561 g/mol. The molecule has 0 radical (unpaired) electrons. The molecule has 0 spiro atoms. The second-order valence-electron chi connectivity index (χ2n) is 10.8. The smallest absolute Gasteiger partial charge is 0.264 e. The largest absolute Gasteiger partial charge is 0.352 e. The number of carbonyl (C=O) groups excluding carboxylic acids is 2. The van der Waals surface area contributed by atoms with E-state index >= 15 is 0 Å². The predicted molar refractivity (Wildman–Crippen MR) is 158 cm³/mol. The molecule has 3 aromatic carbocycles. The van der Waals surface area contributed by atoms with Crippen molar-refractivity contribution < 1.29 is 18.0 Å². The van der Waals surface area contributed by atoms with Gasteiger partial charge in [-0.3, -0.25) is 13.9 Å². The van der Waals surface area contributed by atoms with Gasteiger partial charge in [0.2, 0.25) is 11.8 Å². The molecule has 1 N–H and O–H groups in total. The summed E-state index contributed by atoms with van der Waals surface area (Å²) in [5, 5.41) is 3.10. The third kappa shape index (κ3) is 7.10. The Labute approximate surface area is 238 Å². The van der Waals surface area contributed by atoms with Gasteiger partial charge in [-0.2, -0.15) is 0 Å². The van der Waals surface area contributed by atoms with Crippen molar-refractivity contribution >= 4 is 27.5 Å². The summed E-state index contributed by atoms with van der Waals surface area (Å²) in [7, 11) is -4.07. The number of carbonyl (C=O) groups is 2. The van der Waals surface area contributed by atoms with Crippen LogP contribution < -0.4 is 9.62 Å². The molecule has 7 nitrogen and oxygen atoms in total. The number of hydrogen-bond acceptors (Lipinski definition) is 4. The molecule has 0 unspecified atom stereocenters. The maximum atomic E-state index is 14.1. The Morgan fingerprint density at radius 1 is 0.875 bits per heavy atom. The molecule has 0 aliphatic heterocycles. The van der Waals surface area contributed by atoms with E-state index in [9.17, 15) is 18.0 Å². The fourth-order valence-electron chi connectivity index (χ4n) is 5.21. The molecule has 1 saturated carbocycles. The van der Waals surface area contributed by atoms with Gasteiger partial charge in [-0.25, -0.2) is 8.42 Å². The van der Waals surface area contributed by atoms with Crippen molar-refractivity contribution in [3.05, 3.63) is 95.1 Å².